The molecule has 0 fully saturated rings. The zero-order valence-electron chi connectivity index (χ0n) is 15.5. The maximum Gasteiger partial charge on any atom is 0.327 e. The summed E-state index contributed by atoms with van der Waals surface area (Å²) in [5.74, 6) is -0.486. The topological polar surface area (TPSA) is 57.0 Å². The van der Waals surface area contributed by atoms with Crippen molar-refractivity contribution in [2.45, 2.75) is 40.2 Å². The first kappa shape index (κ1) is 18.9. The Kier molecular flexibility index (Phi) is 5.48. The Morgan fingerprint density at radius 3 is 2.52 bits per heavy atom. The monoisotopic (exact) mass is 373 g/mol. The summed E-state index contributed by atoms with van der Waals surface area (Å²) in [7, 11) is 0. The second-order valence-electron chi connectivity index (χ2n) is 6.19. The van der Waals surface area contributed by atoms with Crippen molar-refractivity contribution in [2.24, 2.45) is 0 Å². The van der Waals surface area contributed by atoms with Crippen LogP contribution in [0.4, 0.5) is 8.78 Å². The van der Waals surface area contributed by atoms with Gasteiger partial charge in [-0.1, -0.05) is 31.2 Å². The van der Waals surface area contributed by atoms with Crippen molar-refractivity contribution in [1.82, 2.24) is 14.8 Å². The standard InChI is InChI=1S/C20H21F2N3O2/c1-4-13-6-8-14(9-7-13)16-10-15(19(21)22)18-12(3)24-25(20(18)23-16)11-17(26)27-5-2/h6-10,19H,4-5,11H2,1-3H3. The molecule has 0 saturated heterocycles. The molecule has 5 nitrogen and oxygen atoms in total. The van der Waals surface area contributed by atoms with Crippen molar-refractivity contribution in [2.75, 3.05) is 6.61 Å². The highest BCUT2D eigenvalue weighted by Crippen LogP contribution is 2.33. The first-order valence-corrected chi connectivity index (χ1v) is 8.85. The number of aromatic nitrogens is 3. The lowest BCUT2D eigenvalue weighted by molar-refractivity contribution is -0.143. The number of hydrogen-bond donors (Lipinski definition) is 0. The van der Waals surface area contributed by atoms with E-state index in [0.717, 1.165) is 17.5 Å². The number of carbonyl (C=O) groups is 1. The van der Waals surface area contributed by atoms with Gasteiger partial charge >= 0.3 is 5.97 Å². The number of carbonyl (C=O) groups excluding carboxylic acids is 1. The second-order valence-corrected chi connectivity index (χ2v) is 6.19. The number of rotatable bonds is 6. The first-order valence-electron chi connectivity index (χ1n) is 8.85. The van der Waals surface area contributed by atoms with Crippen molar-refractivity contribution in [3.63, 3.8) is 0 Å². The van der Waals surface area contributed by atoms with Crippen molar-refractivity contribution < 1.29 is 18.3 Å². The Morgan fingerprint density at radius 1 is 1.22 bits per heavy atom. The van der Waals surface area contributed by atoms with Crippen LogP contribution in [0.3, 0.4) is 0 Å². The molecule has 0 amide bonds. The van der Waals surface area contributed by atoms with Crippen molar-refractivity contribution in [3.8, 4) is 11.3 Å². The maximum absolute atomic E-state index is 13.7. The summed E-state index contributed by atoms with van der Waals surface area (Å²) < 4.78 is 33.7. The van der Waals surface area contributed by atoms with Crippen LogP contribution in [0.25, 0.3) is 22.3 Å². The number of hydrogen-bond acceptors (Lipinski definition) is 4. The third kappa shape index (κ3) is 3.82. The van der Waals surface area contributed by atoms with Crippen LogP contribution in [0.5, 0.6) is 0 Å². The number of pyridine rings is 1. The van der Waals surface area contributed by atoms with E-state index < -0.39 is 12.4 Å². The highest BCUT2D eigenvalue weighted by Gasteiger charge is 2.22. The zero-order chi connectivity index (χ0) is 19.6. The molecule has 142 valence electrons. The molecule has 0 aliphatic heterocycles. The van der Waals surface area contributed by atoms with Crippen LogP contribution in [0.2, 0.25) is 0 Å². The van der Waals surface area contributed by atoms with Crippen molar-refractivity contribution in [1.29, 1.82) is 0 Å². The maximum atomic E-state index is 13.7. The summed E-state index contributed by atoms with van der Waals surface area (Å²) in [4.78, 5) is 16.4. The predicted octanol–water partition coefficient (Wildman–Crippen LogP) is 4.47. The minimum Gasteiger partial charge on any atom is -0.465 e. The van der Waals surface area contributed by atoms with Crippen molar-refractivity contribution >= 4 is 17.0 Å². The Morgan fingerprint density at radius 2 is 1.93 bits per heavy atom. The van der Waals surface area contributed by atoms with Crippen LogP contribution in [0.15, 0.2) is 30.3 Å². The van der Waals surface area contributed by atoms with Gasteiger partial charge in [-0.15, -0.1) is 0 Å². The summed E-state index contributed by atoms with van der Waals surface area (Å²) in [5.41, 5.74) is 2.83. The number of aryl methyl sites for hydroxylation is 2. The molecule has 0 aliphatic carbocycles. The number of nitrogens with zero attached hydrogens (tertiary/aromatic N) is 3. The Balaban J connectivity index is 2.16. The van der Waals surface area contributed by atoms with Gasteiger partial charge in [-0.2, -0.15) is 5.10 Å². The molecule has 0 radical (unpaired) electrons. The Hall–Kier alpha value is -2.83. The molecule has 0 N–H and O–H groups in total. The Bertz CT molecular complexity index is 966. The molecule has 1 aromatic carbocycles. The quantitative estimate of drug-likeness (QED) is 0.598. The second kappa shape index (κ2) is 7.82. The van der Waals surface area contributed by atoms with Gasteiger partial charge in [0.2, 0.25) is 0 Å². The lowest BCUT2D eigenvalue weighted by Gasteiger charge is -2.09. The normalized spacial score (nSPS) is 11.3. The fourth-order valence-electron chi connectivity index (χ4n) is 3.06. The minimum atomic E-state index is -2.68. The van der Waals surface area contributed by atoms with E-state index in [1.54, 1.807) is 13.8 Å². The van der Waals surface area contributed by atoms with E-state index in [-0.39, 0.29) is 29.7 Å². The average molecular weight is 373 g/mol. The van der Waals surface area contributed by atoms with Crippen LogP contribution in [-0.2, 0) is 22.5 Å². The fraction of sp³-hybridized carbons (Fsp3) is 0.350. The summed E-state index contributed by atoms with van der Waals surface area (Å²) in [6, 6.07) is 9.02. The van der Waals surface area contributed by atoms with Crippen LogP contribution >= 0.6 is 0 Å². The lowest BCUT2D eigenvalue weighted by atomic mass is 10.0. The molecule has 0 bridgehead atoms. The van der Waals surface area contributed by atoms with Crippen molar-refractivity contribution in [3.05, 3.63) is 47.2 Å². The molecule has 0 unspecified atom stereocenters. The van der Waals surface area contributed by atoms with Gasteiger partial charge in [-0.3, -0.25) is 4.79 Å². The first-order chi connectivity index (χ1) is 12.9. The van der Waals surface area contributed by atoms with E-state index in [0.29, 0.717) is 11.4 Å². The Labute approximate surface area is 156 Å². The number of alkyl halides is 2. The predicted molar refractivity (Wildman–Crippen MR) is 98.7 cm³/mol. The van der Waals surface area contributed by atoms with Crippen LogP contribution in [0.1, 0.15) is 37.1 Å². The highest BCUT2D eigenvalue weighted by atomic mass is 19.3. The molecule has 0 spiro atoms. The van der Waals surface area contributed by atoms with E-state index >= 15 is 0 Å². The SMILES string of the molecule is CCOC(=O)Cn1nc(C)c2c(C(F)F)cc(-c3ccc(CC)cc3)nc21. The molecule has 27 heavy (non-hydrogen) atoms. The number of ether oxygens (including phenoxy) is 1. The summed E-state index contributed by atoms with van der Waals surface area (Å²) in [5, 5.41) is 4.52. The number of fused-ring (bicyclic) bond motifs is 1. The molecular weight excluding hydrogens is 352 g/mol. The van der Waals surface area contributed by atoms with Gasteiger partial charge in [0.25, 0.3) is 6.43 Å². The average Bonchev–Trinajstić information content (AvgIpc) is 2.96. The van der Waals surface area contributed by atoms with E-state index in [4.69, 9.17) is 4.74 Å². The fourth-order valence-corrected chi connectivity index (χ4v) is 3.06. The molecule has 2 heterocycles. The zero-order valence-corrected chi connectivity index (χ0v) is 15.5. The van der Waals surface area contributed by atoms with E-state index in [2.05, 4.69) is 10.1 Å². The van der Waals surface area contributed by atoms with Gasteiger partial charge in [-0.25, -0.2) is 18.4 Å². The molecule has 0 atom stereocenters. The molecule has 0 aliphatic rings. The van der Waals surface area contributed by atoms with Crippen LogP contribution in [0, 0.1) is 6.92 Å². The molecular formula is C20H21F2N3O2. The summed E-state index contributed by atoms with van der Waals surface area (Å²) in [6.07, 6.45) is -1.79. The van der Waals surface area contributed by atoms with Gasteiger partial charge in [0, 0.05) is 11.1 Å². The lowest BCUT2D eigenvalue weighted by Crippen LogP contribution is -2.15. The van der Waals surface area contributed by atoms with Gasteiger partial charge < -0.3 is 4.74 Å². The highest BCUT2D eigenvalue weighted by molar-refractivity contribution is 5.86. The van der Waals surface area contributed by atoms with Gasteiger partial charge in [0.1, 0.15) is 6.54 Å². The summed E-state index contributed by atoms with van der Waals surface area (Å²) >= 11 is 0. The molecule has 0 saturated carbocycles. The van der Waals surface area contributed by atoms with Crippen LogP contribution < -0.4 is 0 Å². The van der Waals surface area contributed by atoms with Crippen LogP contribution in [-0.4, -0.2) is 27.3 Å². The molecule has 2 aromatic heterocycles. The third-order valence-electron chi connectivity index (χ3n) is 4.39. The smallest absolute Gasteiger partial charge is 0.327 e. The molecule has 3 rings (SSSR count). The van der Waals surface area contributed by atoms with E-state index in [1.807, 2.05) is 31.2 Å². The number of halogens is 2. The number of benzene rings is 1. The number of esters is 1. The molecule has 3 aromatic rings. The van der Waals surface area contributed by atoms with E-state index in [1.165, 1.54) is 10.7 Å². The van der Waals surface area contributed by atoms with E-state index in [9.17, 15) is 13.6 Å². The third-order valence-corrected chi connectivity index (χ3v) is 4.39. The minimum absolute atomic E-state index is 0.137. The largest absolute Gasteiger partial charge is 0.465 e. The van der Waals surface area contributed by atoms with Gasteiger partial charge in [-0.05, 0) is 31.9 Å². The van der Waals surface area contributed by atoms with Gasteiger partial charge in [0.05, 0.1) is 23.4 Å². The van der Waals surface area contributed by atoms with Gasteiger partial charge in [0.15, 0.2) is 5.65 Å². The summed E-state index contributed by atoms with van der Waals surface area (Å²) in [6.45, 7) is 5.45. The molecule has 7 heteroatoms.